The first-order valence-electron chi connectivity index (χ1n) is 6.46. The van der Waals surface area contributed by atoms with Gasteiger partial charge in [0, 0.05) is 12.7 Å². The highest BCUT2D eigenvalue weighted by Crippen LogP contribution is 2.27. The van der Waals surface area contributed by atoms with E-state index < -0.39 is 12.5 Å². The fourth-order valence-electron chi connectivity index (χ4n) is 2.00. The number of benzene rings is 1. The lowest BCUT2D eigenvalue weighted by atomic mass is 10.1. The van der Waals surface area contributed by atoms with Gasteiger partial charge in [-0.15, -0.1) is 13.2 Å². The van der Waals surface area contributed by atoms with E-state index in [0.29, 0.717) is 17.8 Å². The van der Waals surface area contributed by atoms with E-state index in [-0.39, 0.29) is 5.75 Å². The van der Waals surface area contributed by atoms with Gasteiger partial charge in [0.1, 0.15) is 11.9 Å². The number of aliphatic hydroxyl groups excluding tert-OH is 1. The summed E-state index contributed by atoms with van der Waals surface area (Å²) in [7, 11) is 0. The molecule has 1 aromatic carbocycles. The molecule has 0 aliphatic carbocycles. The summed E-state index contributed by atoms with van der Waals surface area (Å²) in [5, 5.41) is 14.4. The molecule has 1 heterocycles. The lowest BCUT2D eigenvalue weighted by molar-refractivity contribution is -0.274. The molecular formula is C14H15F3N2O2. The average Bonchev–Trinajstić information content (AvgIpc) is 2.86. The third-order valence-electron chi connectivity index (χ3n) is 2.89. The smallest absolute Gasteiger partial charge is 0.406 e. The van der Waals surface area contributed by atoms with Crippen LogP contribution in [0.2, 0.25) is 0 Å². The summed E-state index contributed by atoms with van der Waals surface area (Å²) >= 11 is 0. The minimum absolute atomic E-state index is 0.319. The second-order valence-electron chi connectivity index (χ2n) is 4.50. The van der Waals surface area contributed by atoms with Crippen molar-refractivity contribution in [2.75, 3.05) is 0 Å². The van der Waals surface area contributed by atoms with Crippen molar-refractivity contribution < 1.29 is 23.0 Å². The van der Waals surface area contributed by atoms with Crippen LogP contribution in [-0.2, 0) is 6.54 Å². The standard InChI is InChI=1S/C14H15F3N2O2/c1-2-9-19-12(7-8-18-19)13(20)10-3-5-11(6-4-10)21-14(15,16)17/h3-8,13,20H,2,9H2,1H3. The highest BCUT2D eigenvalue weighted by Gasteiger charge is 2.31. The Morgan fingerprint density at radius 1 is 1.24 bits per heavy atom. The van der Waals surface area contributed by atoms with E-state index in [1.54, 1.807) is 16.9 Å². The maximum atomic E-state index is 12.1. The van der Waals surface area contributed by atoms with Crippen molar-refractivity contribution in [2.24, 2.45) is 0 Å². The van der Waals surface area contributed by atoms with Crippen LogP contribution in [0.1, 0.15) is 30.7 Å². The lowest BCUT2D eigenvalue weighted by Gasteiger charge is -2.14. The van der Waals surface area contributed by atoms with Gasteiger partial charge in [0.05, 0.1) is 5.69 Å². The van der Waals surface area contributed by atoms with Crippen molar-refractivity contribution in [3.63, 3.8) is 0 Å². The molecule has 0 saturated carbocycles. The first-order chi connectivity index (χ1) is 9.90. The number of hydrogen-bond donors (Lipinski definition) is 1. The first-order valence-corrected chi connectivity index (χ1v) is 6.46. The Balaban J connectivity index is 2.16. The zero-order chi connectivity index (χ0) is 15.5. The molecule has 2 rings (SSSR count). The number of rotatable bonds is 5. The topological polar surface area (TPSA) is 47.3 Å². The van der Waals surface area contributed by atoms with Crippen LogP contribution in [0.4, 0.5) is 13.2 Å². The van der Waals surface area contributed by atoms with Gasteiger partial charge in [-0.25, -0.2) is 0 Å². The maximum absolute atomic E-state index is 12.1. The lowest BCUT2D eigenvalue weighted by Crippen LogP contribution is -2.17. The van der Waals surface area contributed by atoms with Crippen LogP contribution < -0.4 is 4.74 Å². The number of aliphatic hydroxyl groups is 1. The Bertz CT molecular complexity index is 579. The fourth-order valence-corrected chi connectivity index (χ4v) is 2.00. The fraction of sp³-hybridized carbons (Fsp3) is 0.357. The number of aromatic nitrogens is 2. The van der Waals surface area contributed by atoms with Gasteiger partial charge in [0.2, 0.25) is 0 Å². The summed E-state index contributed by atoms with van der Waals surface area (Å²) in [5.41, 5.74) is 1.07. The second kappa shape index (κ2) is 6.17. The first kappa shape index (κ1) is 15.4. The SMILES string of the molecule is CCCn1nccc1C(O)c1ccc(OC(F)(F)F)cc1. The largest absolute Gasteiger partial charge is 0.573 e. The van der Waals surface area contributed by atoms with E-state index in [1.165, 1.54) is 24.3 Å². The van der Waals surface area contributed by atoms with Gasteiger partial charge in [-0.1, -0.05) is 19.1 Å². The molecule has 1 N–H and O–H groups in total. The van der Waals surface area contributed by atoms with E-state index in [2.05, 4.69) is 9.84 Å². The highest BCUT2D eigenvalue weighted by atomic mass is 19.4. The van der Waals surface area contributed by atoms with E-state index in [9.17, 15) is 18.3 Å². The quantitative estimate of drug-likeness (QED) is 0.922. The predicted molar refractivity (Wildman–Crippen MR) is 69.7 cm³/mol. The summed E-state index contributed by atoms with van der Waals surface area (Å²) in [6.45, 7) is 2.65. The van der Waals surface area contributed by atoms with Crippen LogP contribution in [0, 0.1) is 0 Å². The Hall–Kier alpha value is -2.02. The summed E-state index contributed by atoms with van der Waals surface area (Å²) in [6.07, 6.45) is -3.23. The molecule has 4 nitrogen and oxygen atoms in total. The molecule has 0 fully saturated rings. The van der Waals surface area contributed by atoms with Gasteiger partial charge in [0.15, 0.2) is 0 Å². The molecule has 1 aromatic heterocycles. The third kappa shape index (κ3) is 3.98. The maximum Gasteiger partial charge on any atom is 0.573 e. The van der Waals surface area contributed by atoms with Gasteiger partial charge in [-0.2, -0.15) is 5.10 Å². The Morgan fingerprint density at radius 2 is 1.90 bits per heavy atom. The predicted octanol–water partition coefficient (Wildman–Crippen LogP) is 3.27. The highest BCUT2D eigenvalue weighted by molar-refractivity contribution is 5.32. The molecule has 1 atom stereocenters. The van der Waals surface area contributed by atoms with Crippen molar-refractivity contribution in [2.45, 2.75) is 32.4 Å². The Morgan fingerprint density at radius 3 is 2.48 bits per heavy atom. The number of hydrogen-bond acceptors (Lipinski definition) is 3. The number of ether oxygens (including phenoxy) is 1. The summed E-state index contributed by atoms with van der Waals surface area (Å²) in [4.78, 5) is 0. The minimum Gasteiger partial charge on any atom is -0.406 e. The van der Waals surface area contributed by atoms with Crippen molar-refractivity contribution in [3.05, 3.63) is 47.8 Å². The van der Waals surface area contributed by atoms with Gasteiger partial charge < -0.3 is 9.84 Å². The molecule has 2 aromatic rings. The molecule has 1 unspecified atom stereocenters. The van der Waals surface area contributed by atoms with Crippen molar-refractivity contribution in [3.8, 4) is 5.75 Å². The van der Waals surface area contributed by atoms with Gasteiger partial charge in [-0.05, 0) is 30.2 Å². The van der Waals surface area contributed by atoms with E-state index >= 15 is 0 Å². The summed E-state index contributed by atoms with van der Waals surface area (Å²) in [6, 6.07) is 6.82. The molecule has 0 amide bonds. The molecule has 0 radical (unpaired) electrons. The molecule has 0 spiro atoms. The van der Waals surface area contributed by atoms with Crippen LogP contribution >= 0.6 is 0 Å². The van der Waals surface area contributed by atoms with Crippen LogP contribution in [0.3, 0.4) is 0 Å². The van der Waals surface area contributed by atoms with Gasteiger partial charge in [-0.3, -0.25) is 4.68 Å². The summed E-state index contributed by atoms with van der Waals surface area (Å²) < 4.78 is 41.7. The Labute approximate surface area is 119 Å². The molecule has 0 aliphatic rings. The van der Waals surface area contributed by atoms with Crippen LogP contribution in [0.25, 0.3) is 0 Å². The van der Waals surface area contributed by atoms with Crippen molar-refractivity contribution in [1.82, 2.24) is 9.78 Å². The van der Waals surface area contributed by atoms with Gasteiger partial charge in [0.25, 0.3) is 0 Å². The number of halogens is 3. The van der Waals surface area contributed by atoms with Gasteiger partial charge >= 0.3 is 6.36 Å². The molecule has 0 bridgehead atoms. The van der Waals surface area contributed by atoms with E-state index in [0.717, 1.165) is 6.42 Å². The average molecular weight is 300 g/mol. The van der Waals surface area contributed by atoms with Crippen LogP contribution in [-0.4, -0.2) is 21.2 Å². The molecule has 114 valence electrons. The Kier molecular flexibility index (Phi) is 4.52. The second-order valence-corrected chi connectivity index (χ2v) is 4.50. The zero-order valence-electron chi connectivity index (χ0n) is 11.3. The van der Waals surface area contributed by atoms with Crippen LogP contribution in [0.15, 0.2) is 36.5 Å². The van der Waals surface area contributed by atoms with Crippen molar-refractivity contribution in [1.29, 1.82) is 0 Å². The number of nitrogens with zero attached hydrogens (tertiary/aromatic N) is 2. The monoisotopic (exact) mass is 300 g/mol. The normalized spacial score (nSPS) is 13.2. The molecule has 0 saturated heterocycles. The molecule has 0 aliphatic heterocycles. The molecular weight excluding hydrogens is 285 g/mol. The van der Waals surface area contributed by atoms with Crippen molar-refractivity contribution >= 4 is 0 Å². The molecule has 7 heteroatoms. The summed E-state index contributed by atoms with van der Waals surface area (Å²) in [5.74, 6) is -0.319. The van der Waals surface area contributed by atoms with Crippen LogP contribution in [0.5, 0.6) is 5.75 Å². The van der Waals surface area contributed by atoms with E-state index in [4.69, 9.17) is 0 Å². The zero-order valence-corrected chi connectivity index (χ0v) is 11.3. The van der Waals surface area contributed by atoms with E-state index in [1.807, 2.05) is 6.92 Å². The minimum atomic E-state index is -4.72. The number of alkyl halides is 3. The molecule has 21 heavy (non-hydrogen) atoms. The third-order valence-corrected chi connectivity index (χ3v) is 2.89. The number of aryl methyl sites for hydroxylation is 1.